The topological polar surface area (TPSA) is 95.7 Å². The van der Waals surface area contributed by atoms with E-state index in [0.29, 0.717) is 16.8 Å². The number of carbonyl (C=O) groups excluding carboxylic acids is 1. The molecule has 0 bridgehead atoms. The number of nitrogens with zero attached hydrogens (tertiary/aromatic N) is 2. The zero-order valence-corrected chi connectivity index (χ0v) is 11.7. The summed E-state index contributed by atoms with van der Waals surface area (Å²) in [5, 5.41) is 23.7. The fourth-order valence-electron chi connectivity index (χ4n) is 2.51. The fourth-order valence-corrected chi connectivity index (χ4v) is 2.51. The number of hydrogen-bond donors (Lipinski definition) is 2. The van der Waals surface area contributed by atoms with Crippen LogP contribution in [0.5, 0.6) is 5.75 Å². The van der Waals surface area contributed by atoms with E-state index < -0.39 is 16.8 Å². The molecule has 1 heterocycles. The largest absolute Gasteiger partial charge is 0.502 e. The molecule has 1 aliphatic rings. The number of amides is 1. The van der Waals surface area contributed by atoms with E-state index in [1.54, 1.807) is 37.4 Å². The molecule has 2 N–H and O–H groups in total. The summed E-state index contributed by atoms with van der Waals surface area (Å²) >= 11 is 0. The molecule has 0 fully saturated rings. The number of phenolic OH excluding ortho intramolecular Hbond substituents is 1. The van der Waals surface area contributed by atoms with Crippen LogP contribution in [0.2, 0.25) is 0 Å². The number of hydrogen-bond acceptors (Lipinski definition) is 5. The van der Waals surface area contributed by atoms with Gasteiger partial charge < -0.3 is 15.3 Å². The summed E-state index contributed by atoms with van der Waals surface area (Å²) in [6, 6.07) is 11.2. The number of aromatic hydroxyl groups is 1. The lowest BCUT2D eigenvalue weighted by Crippen LogP contribution is -2.40. The second-order valence-corrected chi connectivity index (χ2v) is 5.01. The molecule has 0 spiro atoms. The molecule has 3 rings (SSSR count). The van der Waals surface area contributed by atoms with E-state index in [1.165, 1.54) is 17.0 Å². The molecule has 0 saturated carbocycles. The van der Waals surface area contributed by atoms with E-state index >= 15 is 0 Å². The Balaban J connectivity index is 2.05. The van der Waals surface area contributed by atoms with E-state index in [9.17, 15) is 20.0 Å². The number of benzene rings is 2. The first-order chi connectivity index (χ1) is 10.5. The van der Waals surface area contributed by atoms with Crippen molar-refractivity contribution >= 4 is 17.3 Å². The first-order valence-corrected chi connectivity index (χ1v) is 6.59. The van der Waals surface area contributed by atoms with Crippen molar-refractivity contribution in [1.82, 2.24) is 4.90 Å². The monoisotopic (exact) mass is 299 g/mol. The van der Waals surface area contributed by atoms with Crippen LogP contribution in [0.15, 0.2) is 42.5 Å². The fraction of sp³-hybridized carbons (Fsp3) is 0.133. The number of phenols is 1. The second-order valence-electron chi connectivity index (χ2n) is 5.01. The van der Waals surface area contributed by atoms with Crippen LogP contribution in [-0.4, -0.2) is 27.9 Å². The Kier molecular flexibility index (Phi) is 3.17. The van der Waals surface area contributed by atoms with Gasteiger partial charge in [-0.1, -0.05) is 18.2 Å². The second kappa shape index (κ2) is 5.03. The summed E-state index contributed by atoms with van der Waals surface area (Å²) in [5.41, 5.74) is 1.36. The highest BCUT2D eigenvalue weighted by Gasteiger charge is 2.31. The van der Waals surface area contributed by atoms with Crippen LogP contribution >= 0.6 is 0 Å². The van der Waals surface area contributed by atoms with Crippen LogP contribution in [0.1, 0.15) is 22.1 Å². The van der Waals surface area contributed by atoms with Gasteiger partial charge in [-0.05, 0) is 18.2 Å². The number of nitro groups is 1. The molecule has 1 amide bonds. The Morgan fingerprint density at radius 1 is 1.27 bits per heavy atom. The van der Waals surface area contributed by atoms with Gasteiger partial charge in [-0.25, -0.2) is 0 Å². The van der Waals surface area contributed by atoms with E-state index in [4.69, 9.17) is 0 Å². The number of fused-ring (bicyclic) bond motifs is 1. The summed E-state index contributed by atoms with van der Waals surface area (Å²) in [4.78, 5) is 24.1. The number of nitrogens with one attached hydrogen (secondary N) is 1. The number of para-hydroxylation sites is 1. The lowest BCUT2D eigenvalue weighted by atomic mass is 10.0. The summed E-state index contributed by atoms with van der Waals surface area (Å²) in [6.45, 7) is 0. The number of nitro benzene ring substituents is 1. The smallest absolute Gasteiger partial charge is 0.311 e. The number of anilines is 1. The standard InChI is InChI=1S/C15H13N3O4/c1-17-14(9-6-7-13(19)12(8-9)18(21)22)16-11-5-3-2-4-10(11)15(17)20/h2-8,14,16,19H,1H3/t14-/m1/s1. The lowest BCUT2D eigenvalue weighted by molar-refractivity contribution is -0.385. The van der Waals surface area contributed by atoms with Crippen molar-refractivity contribution < 1.29 is 14.8 Å². The Bertz CT molecular complexity index is 775. The number of carbonyl (C=O) groups is 1. The van der Waals surface area contributed by atoms with Crippen LogP contribution in [0, 0.1) is 10.1 Å². The molecule has 0 unspecified atom stereocenters. The zero-order valence-electron chi connectivity index (χ0n) is 11.7. The third kappa shape index (κ3) is 2.12. The SMILES string of the molecule is CN1C(=O)c2ccccc2N[C@H]1c1ccc(O)c([N+](=O)[O-])c1. The highest BCUT2D eigenvalue weighted by atomic mass is 16.6. The highest BCUT2D eigenvalue weighted by molar-refractivity contribution is 6.01. The molecule has 2 aromatic carbocycles. The van der Waals surface area contributed by atoms with E-state index in [-0.39, 0.29) is 11.6 Å². The third-order valence-corrected chi connectivity index (χ3v) is 3.67. The van der Waals surface area contributed by atoms with Crippen molar-refractivity contribution in [1.29, 1.82) is 0 Å². The Morgan fingerprint density at radius 2 is 2.00 bits per heavy atom. The summed E-state index contributed by atoms with van der Waals surface area (Å²) in [7, 11) is 1.62. The molecule has 112 valence electrons. The first kappa shape index (κ1) is 13.9. The van der Waals surface area contributed by atoms with Crippen LogP contribution in [0.25, 0.3) is 0 Å². The Hall–Kier alpha value is -3.09. The van der Waals surface area contributed by atoms with Gasteiger partial charge in [0.25, 0.3) is 5.91 Å². The summed E-state index contributed by atoms with van der Waals surface area (Å²) in [5.74, 6) is -0.575. The molecule has 0 aliphatic carbocycles. The van der Waals surface area contributed by atoms with Gasteiger partial charge >= 0.3 is 5.69 Å². The molecule has 7 nitrogen and oxygen atoms in total. The molecule has 7 heteroatoms. The Morgan fingerprint density at radius 3 is 2.73 bits per heavy atom. The third-order valence-electron chi connectivity index (χ3n) is 3.67. The van der Waals surface area contributed by atoms with Crippen molar-refractivity contribution in [2.45, 2.75) is 6.17 Å². The predicted octanol–water partition coefficient (Wildman–Crippen LogP) is 2.50. The van der Waals surface area contributed by atoms with E-state index in [2.05, 4.69) is 5.32 Å². The van der Waals surface area contributed by atoms with Gasteiger partial charge in [0.05, 0.1) is 10.5 Å². The van der Waals surface area contributed by atoms with E-state index in [0.717, 1.165) is 0 Å². The van der Waals surface area contributed by atoms with Crippen molar-refractivity contribution in [3.05, 3.63) is 63.7 Å². The molecule has 2 aromatic rings. The average molecular weight is 299 g/mol. The predicted molar refractivity (Wildman–Crippen MR) is 79.7 cm³/mol. The van der Waals surface area contributed by atoms with Gasteiger partial charge in [-0.3, -0.25) is 14.9 Å². The molecule has 22 heavy (non-hydrogen) atoms. The van der Waals surface area contributed by atoms with Crippen molar-refractivity contribution in [2.75, 3.05) is 12.4 Å². The van der Waals surface area contributed by atoms with Crippen molar-refractivity contribution in [3.63, 3.8) is 0 Å². The molecule has 1 atom stereocenters. The minimum absolute atomic E-state index is 0.171. The van der Waals surface area contributed by atoms with Crippen LogP contribution in [0.3, 0.4) is 0 Å². The summed E-state index contributed by atoms with van der Waals surface area (Å²) in [6.07, 6.45) is -0.540. The normalized spacial score (nSPS) is 16.9. The maximum atomic E-state index is 12.4. The van der Waals surface area contributed by atoms with Gasteiger partial charge in [0.1, 0.15) is 6.17 Å². The lowest BCUT2D eigenvalue weighted by Gasteiger charge is -2.35. The van der Waals surface area contributed by atoms with Crippen LogP contribution in [0.4, 0.5) is 11.4 Å². The quantitative estimate of drug-likeness (QED) is 0.656. The highest BCUT2D eigenvalue weighted by Crippen LogP contribution is 2.35. The maximum Gasteiger partial charge on any atom is 0.311 e. The summed E-state index contributed by atoms with van der Waals surface area (Å²) < 4.78 is 0. The van der Waals surface area contributed by atoms with Gasteiger partial charge in [0, 0.05) is 24.4 Å². The molecule has 0 radical (unpaired) electrons. The van der Waals surface area contributed by atoms with Crippen molar-refractivity contribution in [3.8, 4) is 5.75 Å². The molecular weight excluding hydrogens is 286 g/mol. The number of rotatable bonds is 2. The zero-order chi connectivity index (χ0) is 15.9. The van der Waals surface area contributed by atoms with Gasteiger partial charge in [0.15, 0.2) is 5.75 Å². The average Bonchev–Trinajstić information content (AvgIpc) is 2.51. The maximum absolute atomic E-state index is 12.4. The molecule has 1 aliphatic heterocycles. The van der Waals surface area contributed by atoms with Gasteiger partial charge in [-0.15, -0.1) is 0 Å². The van der Waals surface area contributed by atoms with Crippen molar-refractivity contribution in [2.24, 2.45) is 0 Å². The minimum atomic E-state index is -0.655. The molecule has 0 saturated heterocycles. The van der Waals surface area contributed by atoms with Crippen LogP contribution < -0.4 is 5.32 Å². The van der Waals surface area contributed by atoms with Gasteiger partial charge in [-0.2, -0.15) is 0 Å². The minimum Gasteiger partial charge on any atom is -0.502 e. The Labute approximate surface area is 125 Å². The molecule has 0 aromatic heterocycles. The first-order valence-electron chi connectivity index (χ1n) is 6.59. The molecular formula is C15H13N3O4. The van der Waals surface area contributed by atoms with Crippen LogP contribution in [-0.2, 0) is 0 Å². The van der Waals surface area contributed by atoms with E-state index in [1.807, 2.05) is 0 Å². The van der Waals surface area contributed by atoms with Gasteiger partial charge in [0.2, 0.25) is 0 Å².